The van der Waals surface area contributed by atoms with Gasteiger partial charge in [-0.3, -0.25) is 0 Å². The average molecular weight is 405 g/mol. The van der Waals surface area contributed by atoms with E-state index in [0.29, 0.717) is 28.4 Å². The quantitative estimate of drug-likeness (QED) is 0.529. The van der Waals surface area contributed by atoms with Gasteiger partial charge in [0.15, 0.2) is 0 Å². The first-order valence-corrected chi connectivity index (χ1v) is 11.2. The first-order valence-electron chi connectivity index (χ1n) is 9.75. The van der Waals surface area contributed by atoms with Crippen molar-refractivity contribution >= 4 is 15.6 Å². The van der Waals surface area contributed by atoms with Gasteiger partial charge in [0.05, 0.1) is 9.80 Å². The van der Waals surface area contributed by atoms with Crippen LogP contribution in [-0.4, -0.2) is 14.0 Å². The first kappa shape index (κ1) is 19.5. The van der Waals surface area contributed by atoms with E-state index in [9.17, 15) is 8.42 Å². The number of hydrogen-bond acceptors (Lipinski definition) is 3. The third-order valence-electron chi connectivity index (χ3n) is 5.22. The maximum Gasteiger partial charge on any atom is 0.206 e. The van der Waals surface area contributed by atoms with E-state index in [1.54, 1.807) is 24.3 Å². The van der Waals surface area contributed by atoms with Crippen LogP contribution in [0.25, 0.3) is 16.9 Å². The highest BCUT2D eigenvalue weighted by Crippen LogP contribution is 2.41. The Labute approximate surface area is 172 Å². The molecule has 0 aromatic heterocycles. The molecule has 4 heteroatoms. The molecule has 3 aromatic carbocycles. The average Bonchev–Trinajstić information content (AvgIpc) is 2.74. The van der Waals surface area contributed by atoms with Gasteiger partial charge in [-0.05, 0) is 49.9 Å². The van der Waals surface area contributed by atoms with Crippen LogP contribution < -0.4 is 0 Å². The molecule has 0 atom stereocenters. The summed E-state index contributed by atoms with van der Waals surface area (Å²) in [4.78, 5) is 0.659. The first-order chi connectivity index (χ1) is 13.9. The molecule has 0 bridgehead atoms. The summed E-state index contributed by atoms with van der Waals surface area (Å²) < 4.78 is 32.9. The Bertz CT molecular complexity index is 1130. The molecule has 1 aliphatic rings. The van der Waals surface area contributed by atoms with Gasteiger partial charge in [-0.2, -0.15) is 0 Å². The Hall–Kier alpha value is -2.85. The van der Waals surface area contributed by atoms with E-state index in [1.165, 1.54) is 0 Å². The van der Waals surface area contributed by atoms with Crippen molar-refractivity contribution in [2.75, 3.05) is 0 Å². The van der Waals surface area contributed by atoms with Crippen molar-refractivity contribution in [2.45, 2.75) is 37.2 Å². The fraction of sp³-hybridized carbons (Fsp3) is 0.200. The van der Waals surface area contributed by atoms with Crippen molar-refractivity contribution in [1.29, 1.82) is 0 Å². The van der Waals surface area contributed by atoms with Crippen LogP contribution in [-0.2, 0) is 14.6 Å². The topological polar surface area (TPSA) is 43.4 Å². The fourth-order valence-corrected chi connectivity index (χ4v) is 5.15. The van der Waals surface area contributed by atoms with Gasteiger partial charge >= 0.3 is 0 Å². The molecule has 0 spiro atoms. The SMILES string of the molecule is CC1(C)CCC(S(=O)(=O)c2ccccc2)=C(c2ccc(-c3ccccc3)cc2)O1. The Balaban J connectivity index is 1.81. The van der Waals surface area contributed by atoms with Crippen LogP contribution in [0, 0.1) is 0 Å². The molecule has 0 radical (unpaired) electrons. The summed E-state index contributed by atoms with van der Waals surface area (Å²) in [5.74, 6) is 0.463. The monoisotopic (exact) mass is 404 g/mol. The molecule has 0 N–H and O–H groups in total. The normalized spacial score (nSPS) is 16.3. The molecule has 3 nitrogen and oxygen atoms in total. The van der Waals surface area contributed by atoms with Crippen LogP contribution in [0.1, 0.15) is 32.3 Å². The van der Waals surface area contributed by atoms with Crippen LogP contribution in [0.2, 0.25) is 0 Å². The van der Waals surface area contributed by atoms with E-state index in [1.807, 2.05) is 62.4 Å². The van der Waals surface area contributed by atoms with Crippen molar-refractivity contribution in [3.63, 3.8) is 0 Å². The molecule has 4 rings (SSSR count). The molecular weight excluding hydrogens is 380 g/mol. The van der Waals surface area contributed by atoms with Gasteiger partial charge in [0.25, 0.3) is 0 Å². The lowest BCUT2D eigenvalue weighted by Gasteiger charge is -2.34. The number of rotatable bonds is 4. The number of hydrogen-bond donors (Lipinski definition) is 0. The molecule has 0 saturated heterocycles. The fourth-order valence-electron chi connectivity index (χ4n) is 3.58. The van der Waals surface area contributed by atoms with Crippen molar-refractivity contribution in [3.05, 3.63) is 95.4 Å². The van der Waals surface area contributed by atoms with Gasteiger partial charge in [-0.15, -0.1) is 0 Å². The van der Waals surface area contributed by atoms with Crippen molar-refractivity contribution < 1.29 is 13.2 Å². The van der Waals surface area contributed by atoms with Crippen LogP contribution in [0.5, 0.6) is 0 Å². The molecule has 0 saturated carbocycles. The lowest BCUT2D eigenvalue weighted by molar-refractivity contribution is 0.0581. The van der Waals surface area contributed by atoms with E-state index in [2.05, 4.69) is 12.1 Å². The summed E-state index contributed by atoms with van der Waals surface area (Å²) in [6.07, 6.45) is 1.11. The van der Waals surface area contributed by atoms with Gasteiger partial charge in [-0.1, -0.05) is 72.8 Å². The predicted molar refractivity (Wildman–Crippen MR) is 117 cm³/mol. The maximum atomic E-state index is 13.3. The van der Waals surface area contributed by atoms with Gasteiger partial charge in [-0.25, -0.2) is 8.42 Å². The number of sulfone groups is 1. The van der Waals surface area contributed by atoms with Crippen LogP contribution in [0.3, 0.4) is 0 Å². The van der Waals surface area contributed by atoms with Gasteiger partial charge in [0.1, 0.15) is 11.4 Å². The summed E-state index contributed by atoms with van der Waals surface area (Å²) >= 11 is 0. The third kappa shape index (κ3) is 3.99. The molecule has 3 aromatic rings. The zero-order chi connectivity index (χ0) is 20.5. The highest BCUT2D eigenvalue weighted by Gasteiger charge is 2.35. The molecule has 148 valence electrons. The third-order valence-corrected chi connectivity index (χ3v) is 7.15. The van der Waals surface area contributed by atoms with Crippen LogP contribution in [0.15, 0.2) is 94.7 Å². The predicted octanol–water partition coefficient (Wildman–Crippen LogP) is 6.09. The van der Waals surface area contributed by atoms with Crippen molar-refractivity contribution in [3.8, 4) is 11.1 Å². The number of benzene rings is 3. The standard InChI is InChI=1S/C25H24O3S/c1-25(2)18-17-23(29(26,27)22-11-7-4-8-12-22)24(28-25)21-15-13-20(14-16-21)19-9-5-3-6-10-19/h3-16H,17-18H2,1-2H3. The second-order valence-corrected chi connectivity index (χ2v) is 9.84. The summed E-state index contributed by atoms with van der Waals surface area (Å²) in [5.41, 5.74) is 2.57. The Kier molecular flexibility index (Phi) is 5.05. The molecule has 29 heavy (non-hydrogen) atoms. The molecular formula is C25H24O3S. The van der Waals surface area contributed by atoms with E-state index in [0.717, 1.165) is 16.7 Å². The minimum absolute atomic E-state index is 0.303. The highest BCUT2D eigenvalue weighted by molar-refractivity contribution is 7.95. The summed E-state index contributed by atoms with van der Waals surface area (Å²) in [5, 5.41) is 0. The minimum Gasteiger partial charge on any atom is -0.486 e. The van der Waals surface area contributed by atoms with E-state index in [-0.39, 0.29) is 0 Å². The Morgan fingerprint density at radius 1 is 0.724 bits per heavy atom. The Morgan fingerprint density at radius 3 is 1.86 bits per heavy atom. The smallest absolute Gasteiger partial charge is 0.206 e. The van der Waals surface area contributed by atoms with Gasteiger partial charge in [0, 0.05) is 5.56 Å². The largest absolute Gasteiger partial charge is 0.486 e. The number of allylic oxidation sites excluding steroid dienone is 1. The zero-order valence-electron chi connectivity index (χ0n) is 16.6. The van der Waals surface area contributed by atoms with Crippen LogP contribution >= 0.6 is 0 Å². The second kappa shape index (κ2) is 7.53. The summed E-state index contributed by atoms with van der Waals surface area (Å²) in [6, 6.07) is 26.6. The zero-order valence-corrected chi connectivity index (χ0v) is 17.4. The van der Waals surface area contributed by atoms with E-state index in [4.69, 9.17) is 4.74 Å². The van der Waals surface area contributed by atoms with Crippen molar-refractivity contribution in [2.24, 2.45) is 0 Å². The lowest BCUT2D eigenvalue weighted by atomic mass is 9.96. The molecule has 0 fully saturated rings. The van der Waals surface area contributed by atoms with Crippen molar-refractivity contribution in [1.82, 2.24) is 0 Å². The van der Waals surface area contributed by atoms with E-state index < -0.39 is 15.4 Å². The van der Waals surface area contributed by atoms with Crippen LogP contribution in [0.4, 0.5) is 0 Å². The highest BCUT2D eigenvalue weighted by atomic mass is 32.2. The molecule has 1 aliphatic heterocycles. The Morgan fingerprint density at radius 2 is 1.24 bits per heavy atom. The summed E-state index contributed by atoms with van der Waals surface area (Å²) in [7, 11) is -3.62. The summed E-state index contributed by atoms with van der Waals surface area (Å²) in [6.45, 7) is 3.99. The minimum atomic E-state index is -3.62. The molecule has 0 unspecified atom stereocenters. The lowest BCUT2D eigenvalue weighted by Crippen LogP contribution is -2.29. The second-order valence-electron chi connectivity index (χ2n) is 7.87. The van der Waals surface area contributed by atoms with E-state index >= 15 is 0 Å². The number of ether oxygens (including phenoxy) is 1. The molecule has 0 amide bonds. The van der Waals surface area contributed by atoms with Gasteiger partial charge in [0.2, 0.25) is 9.84 Å². The molecule has 1 heterocycles. The molecule has 0 aliphatic carbocycles. The van der Waals surface area contributed by atoms with Gasteiger partial charge < -0.3 is 4.74 Å². The maximum absolute atomic E-state index is 13.3.